The first-order chi connectivity index (χ1) is 11.8. The molecule has 2 aromatic rings. The highest BCUT2D eigenvalue weighted by Gasteiger charge is 2.50. The average Bonchev–Trinajstić information content (AvgIpc) is 3.35. The summed E-state index contributed by atoms with van der Waals surface area (Å²) in [6.45, 7) is 1.50. The maximum Gasteiger partial charge on any atom is 0.311 e. The van der Waals surface area contributed by atoms with Crippen LogP contribution < -0.4 is 10.7 Å². The van der Waals surface area contributed by atoms with E-state index in [4.69, 9.17) is 5.11 Å². The van der Waals surface area contributed by atoms with Crippen LogP contribution in [0.1, 0.15) is 29.0 Å². The Bertz CT molecular complexity index is 918. The lowest BCUT2D eigenvalue weighted by molar-refractivity contribution is -0.143. The molecular formula is C17H16FN3O4. The number of aromatic nitrogens is 2. The highest BCUT2D eigenvalue weighted by molar-refractivity contribution is 5.92. The smallest absolute Gasteiger partial charge is 0.311 e. The number of nitrogens with one attached hydrogen (secondary N) is 1. The maximum absolute atomic E-state index is 14.0. The zero-order valence-electron chi connectivity index (χ0n) is 13.5. The zero-order valence-corrected chi connectivity index (χ0v) is 13.5. The fourth-order valence-corrected chi connectivity index (χ4v) is 2.52. The summed E-state index contributed by atoms with van der Waals surface area (Å²) in [6, 6.07) is 7.05. The van der Waals surface area contributed by atoms with Crippen molar-refractivity contribution in [2.45, 2.75) is 19.8 Å². The molecule has 0 radical (unpaired) electrons. The van der Waals surface area contributed by atoms with Crippen LogP contribution in [0.5, 0.6) is 0 Å². The van der Waals surface area contributed by atoms with E-state index in [1.54, 1.807) is 13.0 Å². The van der Waals surface area contributed by atoms with Gasteiger partial charge in [0, 0.05) is 18.3 Å². The highest BCUT2D eigenvalue weighted by Crippen LogP contribution is 2.45. The summed E-state index contributed by atoms with van der Waals surface area (Å²) in [6.07, 6.45) is 0.951. The third-order valence-electron chi connectivity index (χ3n) is 4.30. The van der Waals surface area contributed by atoms with Crippen molar-refractivity contribution in [3.63, 3.8) is 0 Å². The highest BCUT2D eigenvalue weighted by atomic mass is 19.1. The number of hydrogen-bond acceptors (Lipinski definition) is 4. The molecule has 1 saturated carbocycles. The van der Waals surface area contributed by atoms with Gasteiger partial charge in [-0.2, -0.15) is 5.10 Å². The SMILES string of the molecule is Cc1cc(=O)c(C(=O)NCC2(C(=O)O)CC2)nn1-c1ccccc1F. The van der Waals surface area contributed by atoms with Gasteiger partial charge >= 0.3 is 5.97 Å². The molecule has 1 aliphatic carbocycles. The number of carboxylic acids is 1. The van der Waals surface area contributed by atoms with Crippen LogP contribution in [0.25, 0.3) is 5.69 Å². The van der Waals surface area contributed by atoms with E-state index >= 15 is 0 Å². The van der Waals surface area contributed by atoms with Crippen LogP contribution in [0.4, 0.5) is 4.39 Å². The Morgan fingerprint density at radius 2 is 2.04 bits per heavy atom. The summed E-state index contributed by atoms with van der Waals surface area (Å²) >= 11 is 0. The van der Waals surface area contributed by atoms with Crippen LogP contribution in [0.2, 0.25) is 0 Å². The molecule has 0 unspecified atom stereocenters. The Morgan fingerprint density at radius 3 is 2.64 bits per heavy atom. The van der Waals surface area contributed by atoms with E-state index < -0.39 is 34.2 Å². The summed E-state index contributed by atoms with van der Waals surface area (Å²) < 4.78 is 15.2. The van der Waals surface area contributed by atoms with E-state index in [-0.39, 0.29) is 12.2 Å². The molecule has 1 amide bonds. The fourth-order valence-electron chi connectivity index (χ4n) is 2.52. The summed E-state index contributed by atoms with van der Waals surface area (Å²) in [5, 5.41) is 15.5. The average molecular weight is 345 g/mol. The van der Waals surface area contributed by atoms with Gasteiger partial charge in [0.15, 0.2) is 5.69 Å². The van der Waals surface area contributed by atoms with Gasteiger partial charge in [-0.3, -0.25) is 14.4 Å². The van der Waals surface area contributed by atoms with Gasteiger partial charge in [0.05, 0.1) is 5.41 Å². The molecule has 0 bridgehead atoms. The summed E-state index contributed by atoms with van der Waals surface area (Å²) in [5.41, 5.74) is -1.49. The molecule has 0 aliphatic heterocycles. The van der Waals surface area contributed by atoms with Gasteiger partial charge in [0.1, 0.15) is 11.5 Å². The fraction of sp³-hybridized carbons (Fsp3) is 0.294. The van der Waals surface area contributed by atoms with Gasteiger partial charge in [-0.25, -0.2) is 9.07 Å². The molecule has 130 valence electrons. The maximum atomic E-state index is 14.0. The van der Waals surface area contributed by atoms with Crippen molar-refractivity contribution in [2.24, 2.45) is 5.41 Å². The number of carbonyl (C=O) groups is 2. The van der Waals surface area contributed by atoms with Crippen molar-refractivity contribution in [3.8, 4) is 5.69 Å². The van der Waals surface area contributed by atoms with Crippen LogP contribution in [0, 0.1) is 18.2 Å². The summed E-state index contributed by atoms with van der Waals surface area (Å²) in [7, 11) is 0. The van der Waals surface area contributed by atoms with E-state index in [9.17, 15) is 18.8 Å². The molecule has 0 atom stereocenters. The monoisotopic (exact) mass is 345 g/mol. The van der Waals surface area contributed by atoms with Gasteiger partial charge in [-0.1, -0.05) is 12.1 Å². The zero-order chi connectivity index (χ0) is 18.2. The minimum Gasteiger partial charge on any atom is -0.481 e. The Hall–Kier alpha value is -3.03. The number of para-hydroxylation sites is 1. The Morgan fingerprint density at radius 1 is 1.36 bits per heavy atom. The summed E-state index contributed by atoms with van der Waals surface area (Å²) in [5.74, 6) is -2.30. The van der Waals surface area contributed by atoms with E-state index in [2.05, 4.69) is 10.4 Å². The van der Waals surface area contributed by atoms with Gasteiger partial charge in [0.25, 0.3) is 5.91 Å². The molecular weight excluding hydrogens is 329 g/mol. The van der Waals surface area contributed by atoms with Crippen molar-refractivity contribution in [1.29, 1.82) is 0 Å². The van der Waals surface area contributed by atoms with E-state index in [1.165, 1.54) is 28.9 Å². The third-order valence-corrected chi connectivity index (χ3v) is 4.30. The second kappa shape index (κ2) is 6.12. The minimum absolute atomic E-state index is 0.0736. The van der Waals surface area contributed by atoms with E-state index in [0.717, 1.165) is 0 Å². The second-order valence-electron chi connectivity index (χ2n) is 6.13. The Balaban J connectivity index is 1.90. The minimum atomic E-state index is -0.978. The van der Waals surface area contributed by atoms with Crippen LogP contribution in [0.15, 0.2) is 35.1 Å². The van der Waals surface area contributed by atoms with Gasteiger partial charge < -0.3 is 10.4 Å². The lowest BCUT2D eigenvalue weighted by atomic mass is 10.1. The first kappa shape index (κ1) is 16.8. The largest absolute Gasteiger partial charge is 0.481 e. The molecule has 1 aromatic heterocycles. The molecule has 1 fully saturated rings. The van der Waals surface area contributed by atoms with Gasteiger partial charge in [0.2, 0.25) is 5.43 Å². The van der Waals surface area contributed by atoms with Crippen LogP contribution in [0.3, 0.4) is 0 Å². The topological polar surface area (TPSA) is 101 Å². The number of amides is 1. The van der Waals surface area contributed by atoms with Gasteiger partial charge in [-0.05, 0) is 31.9 Å². The lowest BCUT2D eigenvalue weighted by Crippen LogP contribution is -2.37. The Kier molecular flexibility index (Phi) is 4.12. The molecule has 25 heavy (non-hydrogen) atoms. The van der Waals surface area contributed by atoms with E-state index in [1.807, 2.05) is 0 Å². The van der Waals surface area contributed by atoms with Crippen molar-refractivity contribution in [2.75, 3.05) is 6.54 Å². The first-order valence-electron chi connectivity index (χ1n) is 7.71. The van der Waals surface area contributed by atoms with Crippen molar-refractivity contribution in [1.82, 2.24) is 15.1 Å². The molecule has 7 nitrogen and oxygen atoms in total. The number of hydrogen-bond donors (Lipinski definition) is 2. The first-order valence-corrected chi connectivity index (χ1v) is 7.71. The number of nitrogens with zero attached hydrogens (tertiary/aromatic N) is 2. The molecule has 0 spiro atoms. The number of carboxylic acid groups (broad SMARTS) is 1. The predicted octanol–water partition coefficient (Wildman–Crippen LogP) is 1.27. The molecule has 1 aliphatic rings. The lowest BCUT2D eigenvalue weighted by Gasteiger charge is -2.13. The molecule has 8 heteroatoms. The number of aliphatic carboxylic acids is 1. The molecule has 2 N–H and O–H groups in total. The Labute approximate surface area is 142 Å². The van der Waals surface area contributed by atoms with Crippen LogP contribution in [-0.4, -0.2) is 33.3 Å². The summed E-state index contributed by atoms with van der Waals surface area (Å²) in [4.78, 5) is 35.5. The van der Waals surface area contributed by atoms with Crippen molar-refractivity contribution < 1.29 is 19.1 Å². The normalized spacial score (nSPS) is 14.8. The number of aryl methyl sites for hydroxylation is 1. The third kappa shape index (κ3) is 3.15. The molecule has 1 heterocycles. The standard InChI is InChI=1S/C17H16FN3O4/c1-10-8-13(22)14(15(23)19-9-17(6-7-17)16(24)25)20-21(10)12-5-3-2-4-11(12)18/h2-5,8H,6-7,9H2,1H3,(H,19,23)(H,24,25). The van der Waals surface area contributed by atoms with Crippen LogP contribution in [-0.2, 0) is 4.79 Å². The molecule has 1 aromatic carbocycles. The van der Waals surface area contributed by atoms with E-state index in [0.29, 0.717) is 18.5 Å². The second-order valence-corrected chi connectivity index (χ2v) is 6.13. The number of rotatable bonds is 5. The molecule has 3 rings (SSSR count). The number of carbonyl (C=O) groups excluding carboxylic acids is 1. The quantitative estimate of drug-likeness (QED) is 0.850. The molecule has 0 saturated heterocycles. The number of benzene rings is 1. The number of halogens is 1. The van der Waals surface area contributed by atoms with Crippen LogP contribution >= 0.6 is 0 Å². The van der Waals surface area contributed by atoms with Crippen molar-refractivity contribution >= 4 is 11.9 Å². The van der Waals surface area contributed by atoms with Gasteiger partial charge in [-0.15, -0.1) is 0 Å². The predicted molar refractivity (Wildman–Crippen MR) is 86.2 cm³/mol. The van der Waals surface area contributed by atoms with Crippen molar-refractivity contribution in [3.05, 3.63) is 57.8 Å².